The molecule has 2 rings (SSSR count). The van der Waals surface area contributed by atoms with Crippen LogP contribution in [0.4, 0.5) is 0 Å². The molecule has 2 heterocycles. The molecule has 0 bridgehead atoms. The van der Waals surface area contributed by atoms with Crippen LogP contribution in [0.3, 0.4) is 0 Å². The minimum Gasteiger partial charge on any atom is -0.348 e. The predicted octanol–water partition coefficient (Wildman–Crippen LogP) is -0.0191. The van der Waals surface area contributed by atoms with E-state index in [0.717, 1.165) is 4.31 Å². The zero-order chi connectivity index (χ0) is 11.8. The highest BCUT2D eigenvalue weighted by atomic mass is 32.2. The minimum atomic E-state index is -3.65. The Kier molecular flexibility index (Phi) is 2.81. The standard InChI is InChI=1S/C9H12N3O3S/c1-7-10-5-9(11-7)16(14,15)12-4-2-3-8(12)6-13/h5,8H,2-4H2,1H3,(H,10,11)/t8-/m0/s1. The Morgan fingerprint density at radius 1 is 1.62 bits per heavy atom. The van der Waals surface area contributed by atoms with Gasteiger partial charge in [0.2, 0.25) is 6.29 Å². The van der Waals surface area contributed by atoms with Gasteiger partial charge in [-0.15, -0.1) is 0 Å². The molecule has 1 radical (unpaired) electrons. The number of rotatable bonds is 3. The van der Waals surface area contributed by atoms with Crippen molar-refractivity contribution in [3.8, 4) is 0 Å². The summed E-state index contributed by atoms with van der Waals surface area (Å²) in [7, 11) is -3.65. The molecule has 0 spiro atoms. The van der Waals surface area contributed by atoms with Gasteiger partial charge in [-0.1, -0.05) is 0 Å². The Hall–Kier alpha value is -1.21. The molecule has 0 aliphatic carbocycles. The van der Waals surface area contributed by atoms with Gasteiger partial charge in [0.15, 0.2) is 5.03 Å². The van der Waals surface area contributed by atoms with Crippen molar-refractivity contribution in [2.24, 2.45) is 0 Å². The molecule has 7 heteroatoms. The van der Waals surface area contributed by atoms with Crippen molar-refractivity contribution in [2.45, 2.75) is 30.8 Å². The molecule has 1 saturated heterocycles. The van der Waals surface area contributed by atoms with Gasteiger partial charge in [-0.05, 0) is 19.8 Å². The van der Waals surface area contributed by atoms with Crippen LogP contribution in [0.15, 0.2) is 11.2 Å². The molecule has 1 aliphatic rings. The normalized spacial score (nSPS) is 22.4. The quantitative estimate of drug-likeness (QED) is 0.807. The minimum absolute atomic E-state index is 0.0350. The predicted molar refractivity (Wildman–Crippen MR) is 55.9 cm³/mol. The Balaban J connectivity index is 2.35. The van der Waals surface area contributed by atoms with E-state index in [1.807, 2.05) is 0 Å². The summed E-state index contributed by atoms with van der Waals surface area (Å²) in [5, 5.41) is -0.0350. The van der Waals surface area contributed by atoms with E-state index in [1.165, 1.54) is 6.20 Å². The molecule has 1 fully saturated rings. The summed E-state index contributed by atoms with van der Waals surface area (Å²) in [5.74, 6) is 0.532. The number of sulfonamides is 1. The number of aromatic amines is 1. The first kappa shape index (κ1) is 11.3. The van der Waals surface area contributed by atoms with Gasteiger partial charge >= 0.3 is 0 Å². The molecular formula is C9H12N3O3S. The maximum absolute atomic E-state index is 12.1. The molecule has 16 heavy (non-hydrogen) atoms. The fourth-order valence-electron chi connectivity index (χ4n) is 1.79. The largest absolute Gasteiger partial charge is 0.348 e. The van der Waals surface area contributed by atoms with E-state index in [4.69, 9.17) is 0 Å². The smallest absolute Gasteiger partial charge is 0.262 e. The lowest BCUT2D eigenvalue weighted by Gasteiger charge is -2.17. The lowest BCUT2D eigenvalue weighted by Crippen LogP contribution is -2.36. The van der Waals surface area contributed by atoms with E-state index in [2.05, 4.69) is 9.97 Å². The highest BCUT2D eigenvalue weighted by Gasteiger charge is 2.36. The summed E-state index contributed by atoms with van der Waals surface area (Å²) in [6.07, 6.45) is 4.31. The fraction of sp³-hybridized carbons (Fsp3) is 0.556. The van der Waals surface area contributed by atoms with E-state index >= 15 is 0 Å². The van der Waals surface area contributed by atoms with E-state index in [1.54, 1.807) is 13.2 Å². The van der Waals surface area contributed by atoms with Gasteiger partial charge in [0, 0.05) is 12.7 Å². The molecule has 1 aromatic heterocycles. The van der Waals surface area contributed by atoms with Crippen LogP contribution in [0.5, 0.6) is 0 Å². The van der Waals surface area contributed by atoms with Gasteiger partial charge in [0.05, 0.1) is 6.04 Å². The van der Waals surface area contributed by atoms with E-state index in [9.17, 15) is 13.2 Å². The highest BCUT2D eigenvalue weighted by molar-refractivity contribution is 7.89. The number of nitrogens with zero attached hydrogens (tertiary/aromatic N) is 2. The average molecular weight is 242 g/mol. The van der Waals surface area contributed by atoms with Crippen molar-refractivity contribution in [1.29, 1.82) is 0 Å². The molecule has 0 unspecified atom stereocenters. The number of H-pyrrole nitrogens is 1. The van der Waals surface area contributed by atoms with Crippen LogP contribution in [0.25, 0.3) is 0 Å². The van der Waals surface area contributed by atoms with Crippen LogP contribution >= 0.6 is 0 Å². The summed E-state index contributed by atoms with van der Waals surface area (Å²) < 4.78 is 25.3. The molecule has 1 aromatic rings. The van der Waals surface area contributed by atoms with Crippen LogP contribution in [0, 0.1) is 6.92 Å². The molecule has 0 amide bonds. The molecule has 0 saturated carbocycles. The Morgan fingerprint density at radius 2 is 2.38 bits per heavy atom. The van der Waals surface area contributed by atoms with Crippen molar-refractivity contribution in [3.05, 3.63) is 12.0 Å². The maximum Gasteiger partial charge on any atom is 0.262 e. The second-order valence-corrected chi connectivity index (χ2v) is 5.55. The van der Waals surface area contributed by atoms with Crippen LogP contribution in [0.2, 0.25) is 0 Å². The van der Waals surface area contributed by atoms with Gasteiger partial charge < -0.3 is 4.98 Å². The molecule has 1 atom stereocenters. The molecule has 6 nitrogen and oxygen atoms in total. The van der Waals surface area contributed by atoms with E-state index in [-0.39, 0.29) is 5.03 Å². The Labute approximate surface area is 93.7 Å². The summed E-state index contributed by atoms with van der Waals surface area (Å²) >= 11 is 0. The summed E-state index contributed by atoms with van der Waals surface area (Å²) in [6, 6.07) is -0.665. The van der Waals surface area contributed by atoms with Crippen molar-refractivity contribution < 1.29 is 13.2 Å². The topological polar surface area (TPSA) is 83.1 Å². The molecule has 1 aliphatic heterocycles. The molecule has 0 aromatic carbocycles. The number of hydrogen-bond donors (Lipinski definition) is 1. The first-order valence-electron chi connectivity index (χ1n) is 4.97. The maximum atomic E-state index is 12.1. The lowest BCUT2D eigenvalue weighted by atomic mass is 10.2. The molecule has 87 valence electrons. The van der Waals surface area contributed by atoms with Gasteiger partial charge in [-0.3, -0.25) is 4.79 Å². The number of imidazole rings is 1. The van der Waals surface area contributed by atoms with Crippen LogP contribution in [-0.2, 0) is 14.8 Å². The average Bonchev–Trinajstić information content (AvgIpc) is 2.85. The zero-order valence-corrected chi connectivity index (χ0v) is 9.62. The first-order chi connectivity index (χ1) is 7.55. The second kappa shape index (κ2) is 3.99. The summed E-state index contributed by atoms with van der Waals surface area (Å²) in [4.78, 5) is 17.2. The van der Waals surface area contributed by atoms with Crippen LogP contribution in [-0.4, -0.2) is 41.6 Å². The fourth-order valence-corrected chi connectivity index (χ4v) is 3.35. The van der Waals surface area contributed by atoms with Gasteiger partial charge in [-0.2, -0.15) is 4.31 Å². The Bertz CT molecular complexity index is 494. The van der Waals surface area contributed by atoms with Crippen molar-refractivity contribution in [2.75, 3.05) is 6.54 Å². The third-order valence-corrected chi connectivity index (χ3v) is 4.39. The third-order valence-electron chi connectivity index (χ3n) is 2.60. The second-order valence-electron chi connectivity index (χ2n) is 3.72. The van der Waals surface area contributed by atoms with E-state index < -0.39 is 16.1 Å². The highest BCUT2D eigenvalue weighted by Crippen LogP contribution is 2.23. The van der Waals surface area contributed by atoms with Crippen LogP contribution in [0.1, 0.15) is 18.7 Å². The van der Waals surface area contributed by atoms with Crippen molar-refractivity contribution >= 4 is 16.3 Å². The first-order valence-corrected chi connectivity index (χ1v) is 6.41. The summed E-state index contributed by atoms with van der Waals surface area (Å²) in [6.45, 7) is 2.03. The van der Waals surface area contributed by atoms with Gasteiger partial charge in [-0.25, -0.2) is 13.4 Å². The number of aryl methyl sites for hydroxylation is 1. The summed E-state index contributed by atoms with van der Waals surface area (Å²) in [5.41, 5.74) is 0. The van der Waals surface area contributed by atoms with Gasteiger partial charge in [0.25, 0.3) is 10.0 Å². The van der Waals surface area contributed by atoms with Crippen molar-refractivity contribution in [3.63, 3.8) is 0 Å². The zero-order valence-electron chi connectivity index (χ0n) is 8.80. The third kappa shape index (κ3) is 1.76. The van der Waals surface area contributed by atoms with Crippen LogP contribution < -0.4 is 0 Å². The monoisotopic (exact) mass is 242 g/mol. The number of aromatic nitrogens is 2. The number of nitrogens with one attached hydrogen (secondary N) is 1. The van der Waals surface area contributed by atoms with Gasteiger partial charge in [0.1, 0.15) is 5.82 Å². The lowest BCUT2D eigenvalue weighted by molar-refractivity contribution is 0.425. The van der Waals surface area contributed by atoms with E-state index in [0.29, 0.717) is 25.2 Å². The number of carbonyl (C=O) groups excluding carboxylic acids is 1. The molecular weight excluding hydrogens is 230 g/mol. The SMILES string of the molecule is Cc1nc(S(=O)(=O)N2CCC[C@H]2[C]=O)c[nH]1. The Morgan fingerprint density at radius 3 is 2.94 bits per heavy atom. The van der Waals surface area contributed by atoms with Crippen molar-refractivity contribution in [1.82, 2.24) is 14.3 Å². The number of hydrogen-bond acceptors (Lipinski definition) is 4. The molecule has 1 N–H and O–H groups in total.